The molecule has 0 bridgehead atoms. The molecule has 0 radical (unpaired) electrons. The molecule has 0 N–H and O–H groups in total. The van der Waals surface area contributed by atoms with Gasteiger partial charge in [0.15, 0.2) is 0 Å². The fraction of sp³-hybridized carbons (Fsp3) is 0.500. The first-order chi connectivity index (χ1) is 8.10. The molecule has 94 valence electrons. The summed E-state index contributed by atoms with van der Waals surface area (Å²) in [5, 5.41) is 0. The van der Waals surface area contributed by atoms with E-state index in [0.717, 1.165) is 24.2 Å². The summed E-state index contributed by atoms with van der Waals surface area (Å²) in [7, 11) is 3.10. The SMILES string of the molecule is COC(=O)CCCc1c(C)ccc(OC)c1C. The zero-order valence-corrected chi connectivity index (χ0v) is 11.0. The van der Waals surface area contributed by atoms with Gasteiger partial charge in [0, 0.05) is 6.42 Å². The lowest BCUT2D eigenvalue weighted by Crippen LogP contribution is -2.02. The third kappa shape index (κ3) is 3.48. The number of carbonyl (C=O) groups excluding carboxylic acids is 1. The molecular weight excluding hydrogens is 216 g/mol. The molecular formula is C14H20O3. The Hall–Kier alpha value is -1.51. The molecule has 3 heteroatoms. The number of esters is 1. The maximum atomic E-state index is 11.0. The van der Waals surface area contributed by atoms with Crippen molar-refractivity contribution in [3.8, 4) is 5.75 Å². The molecule has 0 aliphatic heterocycles. The van der Waals surface area contributed by atoms with Crippen LogP contribution in [0.1, 0.15) is 29.5 Å². The van der Waals surface area contributed by atoms with Crippen molar-refractivity contribution in [2.24, 2.45) is 0 Å². The van der Waals surface area contributed by atoms with Crippen molar-refractivity contribution in [1.82, 2.24) is 0 Å². The molecule has 0 saturated carbocycles. The summed E-state index contributed by atoms with van der Waals surface area (Å²) in [5.74, 6) is 0.756. The van der Waals surface area contributed by atoms with Crippen molar-refractivity contribution in [3.63, 3.8) is 0 Å². The summed E-state index contributed by atoms with van der Waals surface area (Å²) < 4.78 is 9.93. The second-order valence-electron chi connectivity index (χ2n) is 4.12. The lowest BCUT2D eigenvalue weighted by atomic mass is 9.97. The van der Waals surface area contributed by atoms with Crippen molar-refractivity contribution in [2.45, 2.75) is 33.1 Å². The van der Waals surface area contributed by atoms with Gasteiger partial charge in [-0.25, -0.2) is 0 Å². The predicted molar refractivity (Wildman–Crippen MR) is 67.4 cm³/mol. The largest absolute Gasteiger partial charge is 0.496 e. The fourth-order valence-electron chi connectivity index (χ4n) is 1.99. The second kappa shape index (κ2) is 6.28. The van der Waals surface area contributed by atoms with E-state index in [0.29, 0.717) is 6.42 Å². The highest BCUT2D eigenvalue weighted by Gasteiger charge is 2.08. The van der Waals surface area contributed by atoms with E-state index >= 15 is 0 Å². The summed E-state index contributed by atoms with van der Waals surface area (Å²) in [5.41, 5.74) is 3.68. The van der Waals surface area contributed by atoms with Crippen molar-refractivity contribution in [2.75, 3.05) is 14.2 Å². The van der Waals surface area contributed by atoms with E-state index in [-0.39, 0.29) is 5.97 Å². The van der Waals surface area contributed by atoms with E-state index in [2.05, 4.69) is 24.7 Å². The van der Waals surface area contributed by atoms with Gasteiger partial charge in [-0.2, -0.15) is 0 Å². The highest BCUT2D eigenvalue weighted by Crippen LogP contribution is 2.25. The second-order valence-corrected chi connectivity index (χ2v) is 4.12. The Balaban J connectivity index is 2.73. The van der Waals surface area contributed by atoms with E-state index in [4.69, 9.17) is 4.74 Å². The minimum atomic E-state index is -0.150. The Bertz CT molecular complexity index is 397. The van der Waals surface area contributed by atoms with Gasteiger partial charge in [-0.1, -0.05) is 6.07 Å². The normalized spacial score (nSPS) is 10.1. The van der Waals surface area contributed by atoms with Crippen LogP contribution in [0.5, 0.6) is 5.75 Å². The van der Waals surface area contributed by atoms with Gasteiger partial charge in [-0.05, 0) is 49.4 Å². The van der Waals surface area contributed by atoms with Crippen molar-refractivity contribution in [3.05, 3.63) is 28.8 Å². The number of aryl methyl sites for hydroxylation is 1. The van der Waals surface area contributed by atoms with Gasteiger partial charge in [0.25, 0.3) is 0 Å². The molecule has 0 amide bonds. The Morgan fingerprint density at radius 1 is 1.24 bits per heavy atom. The van der Waals surface area contributed by atoms with Gasteiger partial charge in [-0.15, -0.1) is 0 Å². The molecule has 0 saturated heterocycles. The van der Waals surface area contributed by atoms with Crippen LogP contribution in [-0.4, -0.2) is 20.2 Å². The summed E-state index contributed by atoms with van der Waals surface area (Å²) in [6.07, 6.45) is 2.15. The molecule has 0 aliphatic rings. The van der Waals surface area contributed by atoms with Crippen LogP contribution in [0, 0.1) is 13.8 Å². The smallest absolute Gasteiger partial charge is 0.305 e. The number of ether oxygens (including phenoxy) is 2. The topological polar surface area (TPSA) is 35.5 Å². The molecule has 1 rings (SSSR count). The molecule has 0 unspecified atom stereocenters. The quantitative estimate of drug-likeness (QED) is 0.737. The van der Waals surface area contributed by atoms with Crippen LogP contribution in [-0.2, 0) is 16.0 Å². The molecule has 0 aromatic heterocycles. The first-order valence-corrected chi connectivity index (χ1v) is 5.80. The summed E-state index contributed by atoms with van der Waals surface area (Å²) in [4.78, 5) is 11.0. The number of hydrogen-bond acceptors (Lipinski definition) is 3. The molecule has 0 fully saturated rings. The van der Waals surface area contributed by atoms with Crippen LogP contribution in [0.4, 0.5) is 0 Å². The molecule has 1 aromatic rings. The van der Waals surface area contributed by atoms with E-state index in [1.165, 1.54) is 18.2 Å². The van der Waals surface area contributed by atoms with E-state index < -0.39 is 0 Å². The van der Waals surface area contributed by atoms with Crippen LogP contribution in [0.3, 0.4) is 0 Å². The van der Waals surface area contributed by atoms with Crippen molar-refractivity contribution in [1.29, 1.82) is 0 Å². The third-order valence-corrected chi connectivity index (χ3v) is 3.04. The van der Waals surface area contributed by atoms with Crippen LogP contribution >= 0.6 is 0 Å². The highest BCUT2D eigenvalue weighted by atomic mass is 16.5. The van der Waals surface area contributed by atoms with E-state index in [1.807, 2.05) is 6.07 Å². The monoisotopic (exact) mass is 236 g/mol. The molecule has 0 atom stereocenters. The minimum Gasteiger partial charge on any atom is -0.496 e. The van der Waals surface area contributed by atoms with Crippen molar-refractivity contribution < 1.29 is 14.3 Å². The maximum absolute atomic E-state index is 11.0. The molecule has 0 spiro atoms. The summed E-state index contributed by atoms with van der Waals surface area (Å²) >= 11 is 0. The number of hydrogen-bond donors (Lipinski definition) is 0. The number of methoxy groups -OCH3 is 2. The average molecular weight is 236 g/mol. The first kappa shape index (κ1) is 13.6. The molecule has 0 heterocycles. The van der Waals surface area contributed by atoms with Crippen LogP contribution < -0.4 is 4.74 Å². The minimum absolute atomic E-state index is 0.150. The first-order valence-electron chi connectivity index (χ1n) is 5.80. The predicted octanol–water partition coefficient (Wildman–Crippen LogP) is 2.81. The highest BCUT2D eigenvalue weighted by molar-refractivity contribution is 5.69. The Morgan fingerprint density at radius 2 is 1.94 bits per heavy atom. The van der Waals surface area contributed by atoms with Crippen LogP contribution in [0.2, 0.25) is 0 Å². The zero-order valence-electron chi connectivity index (χ0n) is 11.0. The summed E-state index contributed by atoms with van der Waals surface area (Å²) in [6.45, 7) is 4.14. The van der Waals surface area contributed by atoms with Gasteiger partial charge < -0.3 is 9.47 Å². The fourth-order valence-corrected chi connectivity index (χ4v) is 1.99. The molecule has 3 nitrogen and oxygen atoms in total. The maximum Gasteiger partial charge on any atom is 0.305 e. The van der Waals surface area contributed by atoms with Crippen LogP contribution in [0.15, 0.2) is 12.1 Å². The molecule has 1 aromatic carbocycles. The Morgan fingerprint density at radius 3 is 2.53 bits per heavy atom. The van der Waals surface area contributed by atoms with Crippen LogP contribution in [0.25, 0.3) is 0 Å². The van der Waals surface area contributed by atoms with E-state index in [9.17, 15) is 4.79 Å². The van der Waals surface area contributed by atoms with Gasteiger partial charge >= 0.3 is 5.97 Å². The lowest BCUT2D eigenvalue weighted by molar-refractivity contribution is -0.140. The Labute approximate surface area is 103 Å². The lowest BCUT2D eigenvalue weighted by Gasteiger charge is -2.13. The van der Waals surface area contributed by atoms with E-state index in [1.54, 1.807) is 7.11 Å². The number of benzene rings is 1. The van der Waals surface area contributed by atoms with Gasteiger partial charge in [0.1, 0.15) is 5.75 Å². The number of rotatable bonds is 5. The number of carbonyl (C=O) groups is 1. The third-order valence-electron chi connectivity index (χ3n) is 3.04. The Kier molecular flexibility index (Phi) is 5.01. The standard InChI is InChI=1S/C14H20O3/c1-10-8-9-13(16-3)11(2)12(10)6-5-7-14(15)17-4/h8-9H,5-7H2,1-4H3. The van der Waals surface area contributed by atoms with Crippen molar-refractivity contribution >= 4 is 5.97 Å². The van der Waals surface area contributed by atoms with Gasteiger partial charge in [-0.3, -0.25) is 4.79 Å². The zero-order chi connectivity index (χ0) is 12.8. The molecule has 17 heavy (non-hydrogen) atoms. The average Bonchev–Trinajstić information content (AvgIpc) is 2.33. The summed E-state index contributed by atoms with van der Waals surface area (Å²) in [6, 6.07) is 4.04. The van der Waals surface area contributed by atoms with Gasteiger partial charge in [0.2, 0.25) is 0 Å². The molecule has 0 aliphatic carbocycles. The van der Waals surface area contributed by atoms with Gasteiger partial charge in [0.05, 0.1) is 14.2 Å².